The predicted octanol–water partition coefficient (Wildman–Crippen LogP) is 2.60. The van der Waals surface area contributed by atoms with Crippen LogP contribution in [0.3, 0.4) is 0 Å². The molecular weight excluding hydrogens is 266 g/mol. The van der Waals surface area contributed by atoms with Crippen molar-refractivity contribution in [3.63, 3.8) is 0 Å². The van der Waals surface area contributed by atoms with Crippen LogP contribution in [0.4, 0.5) is 5.69 Å². The summed E-state index contributed by atoms with van der Waals surface area (Å²) in [5, 5.41) is 14.2. The molecule has 21 heavy (non-hydrogen) atoms. The van der Waals surface area contributed by atoms with Gasteiger partial charge in [-0.3, -0.25) is 10.1 Å². The molecule has 1 aromatic rings. The second kappa shape index (κ2) is 8.10. The van der Waals surface area contributed by atoms with Gasteiger partial charge in [-0.2, -0.15) is 0 Å². The van der Waals surface area contributed by atoms with E-state index < -0.39 is 0 Å². The number of nitrogens with zero attached hydrogens (tertiary/aromatic N) is 2. The van der Waals surface area contributed by atoms with Gasteiger partial charge in [0.2, 0.25) is 0 Å². The topological polar surface area (TPSA) is 58.4 Å². The largest absolute Gasteiger partial charge is 0.313 e. The third-order valence-corrected chi connectivity index (χ3v) is 4.04. The van der Waals surface area contributed by atoms with Gasteiger partial charge in [-0.15, -0.1) is 0 Å². The Balaban J connectivity index is 1.83. The average molecular weight is 291 g/mol. The summed E-state index contributed by atoms with van der Waals surface area (Å²) in [4.78, 5) is 12.8. The van der Waals surface area contributed by atoms with Crippen molar-refractivity contribution in [1.29, 1.82) is 0 Å². The first-order valence-corrected chi connectivity index (χ1v) is 7.88. The lowest BCUT2D eigenvalue weighted by Gasteiger charge is -2.25. The van der Waals surface area contributed by atoms with E-state index >= 15 is 0 Å². The lowest BCUT2D eigenvalue weighted by molar-refractivity contribution is -0.384. The molecule has 1 fully saturated rings. The van der Waals surface area contributed by atoms with E-state index in [-0.39, 0.29) is 10.6 Å². The quantitative estimate of drug-likeness (QED) is 0.591. The first-order valence-electron chi connectivity index (χ1n) is 7.88. The van der Waals surface area contributed by atoms with Gasteiger partial charge in [-0.25, -0.2) is 0 Å². The zero-order valence-electron chi connectivity index (χ0n) is 12.8. The van der Waals surface area contributed by atoms with E-state index in [0.717, 1.165) is 39.0 Å². The number of nitro benzene ring substituents is 1. The van der Waals surface area contributed by atoms with Gasteiger partial charge >= 0.3 is 0 Å². The molecule has 1 N–H and O–H groups in total. The Bertz CT molecular complexity index is 441. The summed E-state index contributed by atoms with van der Waals surface area (Å²) < 4.78 is 0. The van der Waals surface area contributed by atoms with Crippen molar-refractivity contribution in [1.82, 2.24) is 10.2 Å². The maximum Gasteiger partial charge on any atom is 0.269 e. The number of hydrogen-bond acceptors (Lipinski definition) is 4. The van der Waals surface area contributed by atoms with E-state index in [0.29, 0.717) is 6.04 Å². The molecule has 2 rings (SSSR count). The maximum absolute atomic E-state index is 10.6. The Hall–Kier alpha value is -1.46. The fraction of sp³-hybridized carbons (Fsp3) is 0.625. The van der Waals surface area contributed by atoms with Crippen LogP contribution in [0.2, 0.25) is 0 Å². The average Bonchev–Trinajstić information content (AvgIpc) is 2.98. The minimum Gasteiger partial charge on any atom is -0.313 e. The van der Waals surface area contributed by atoms with Crippen LogP contribution in [0.1, 0.15) is 31.7 Å². The molecule has 0 aliphatic carbocycles. The highest BCUT2D eigenvalue weighted by Gasteiger charge is 2.17. The van der Waals surface area contributed by atoms with Crippen LogP contribution in [0.15, 0.2) is 24.3 Å². The van der Waals surface area contributed by atoms with Crippen molar-refractivity contribution < 1.29 is 4.92 Å². The molecule has 1 aliphatic rings. The zero-order chi connectivity index (χ0) is 15.1. The molecule has 5 heteroatoms. The number of benzene rings is 1. The summed E-state index contributed by atoms with van der Waals surface area (Å²) in [5.74, 6) is 0. The molecule has 1 unspecified atom stereocenters. The van der Waals surface area contributed by atoms with Crippen molar-refractivity contribution in [3.05, 3.63) is 39.9 Å². The highest BCUT2D eigenvalue weighted by atomic mass is 16.6. The number of rotatable bonds is 8. The van der Waals surface area contributed by atoms with Crippen LogP contribution in [0.5, 0.6) is 0 Å². The lowest BCUT2D eigenvalue weighted by atomic mass is 10.1. The highest BCUT2D eigenvalue weighted by molar-refractivity contribution is 5.32. The summed E-state index contributed by atoms with van der Waals surface area (Å²) in [6.07, 6.45) is 4.67. The van der Waals surface area contributed by atoms with Gasteiger partial charge in [-0.1, -0.05) is 19.1 Å². The van der Waals surface area contributed by atoms with Crippen molar-refractivity contribution in [2.24, 2.45) is 0 Å². The molecule has 1 aliphatic heterocycles. The van der Waals surface area contributed by atoms with E-state index in [1.54, 1.807) is 12.1 Å². The smallest absolute Gasteiger partial charge is 0.269 e. The summed E-state index contributed by atoms with van der Waals surface area (Å²) in [7, 11) is 0. The second-order valence-corrected chi connectivity index (χ2v) is 5.77. The third kappa shape index (κ3) is 5.10. The number of non-ortho nitro benzene ring substituents is 1. The maximum atomic E-state index is 10.6. The van der Waals surface area contributed by atoms with Gasteiger partial charge < -0.3 is 10.2 Å². The summed E-state index contributed by atoms with van der Waals surface area (Å²) >= 11 is 0. The van der Waals surface area contributed by atoms with E-state index in [9.17, 15) is 10.1 Å². The first kappa shape index (κ1) is 15.9. The summed E-state index contributed by atoms with van der Waals surface area (Å²) in [6.45, 7) is 6.60. The van der Waals surface area contributed by atoms with E-state index in [1.165, 1.54) is 18.4 Å². The molecule has 5 nitrogen and oxygen atoms in total. The molecule has 0 amide bonds. The van der Waals surface area contributed by atoms with Gasteiger partial charge in [0, 0.05) is 31.3 Å². The SMILES string of the molecule is CCCN(CCc1ccc([N+](=O)[O-])cc1)CC1CCCN1. The number of nitro groups is 1. The molecule has 1 heterocycles. The van der Waals surface area contributed by atoms with E-state index in [2.05, 4.69) is 17.1 Å². The monoisotopic (exact) mass is 291 g/mol. The van der Waals surface area contributed by atoms with Gasteiger partial charge in [-0.05, 0) is 44.3 Å². The first-order chi connectivity index (χ1) is 10.2. The van der Waals surface area contributed by atoms with Crippen molar-refractivity contribution in [3.8, 4) is 0 Å². The minimum absolute atomic E-state index is 0.166. The number of nitrogens with one attached hydrogen (secondary N) is 1. The standard InChI is InChI=1S/C16H25N3O2/c1-2-11-18(13-15-4-3-10-17-15)12-9-14-5-7-16(8-6-14)19(20)21/h5-8,15,17H,2-4,9-13H2,1H3. The van der Waals surface area contributed by atoms with Crippen LogP contribution in [0.25, 0.3) is 0 Å². The minimum atomic E-state index is -0.348. The van der Waals surface area contributed by atoms with Crippen molar-refractivity contribution in [2.75, 3.05) is 26.2 Å². The van der Waals surface area contributed by atoms with Gasteiger partial charge in [0.1, 0.15) is 0 Å². The van der Waals surface area contributed by atoms with Crippen LogP contribution in [-0.4, -0.2) is 42.0 Å². The Morgan fingerprint density at radius 1 is 1.33 bits per heavy atom. The third-order valence-electron chi connectivity index (χ3n) is 4.04. The lowest BCUT2D eigenvalue weighted by Crippen LogP contribution is -2.39. The van der Waals surface area contributed by atoms with E-state index in [1.807, 2.05) is 12.1 Å². The van der Waals surface area contributed by atoms with Gasteiger partial charge in [0.25, 0.3) is 5.69 Å². The molecule has 1 aromatic carbocycles. The Kier molecular flexibility index (Phi) is 6.14. The molecule has 1 saturated heterocycles. The molecule has 0 bridgehead atoms. The predicted molar refractivity (Wildman–Crippen MR) is 84.6 cm³/mol. The van der Waals surface area contributed by atoms with Gasteiger partial charge in [0.15, 0.2) is 0 Å². The fourth-order valence-electron chi connectivity index (χ4n) is 2.91. The summed E-state index contributed by atoms with van der Waals surface area (Å²) in [6, 6.07) is 7.57. The van der Waals surface area contributed by atoms with Crippen LogP contribution in [0, 0.1) is 10.1 Å². The van der Waals surface area contributed by atoms with Crippen molar-refractivity contribution in [2.45, 2.75) is 38.6 Å². The second-order valence-electron chi connectivity index (χ2n) is 5.77. The molecule has 0 aromatic heterocycles. The Labute approximate surface area is 126 Å². The van der Waals surface area contributed by atoms with E-state index in [4.69, 9.17) is 0 Å². The Morgan fingerprint density at radius 2 is 2.10 bits per heavy atom. The van der Waals surface area contributed by atoms with Crippen LogP contribution < -0.4 is 5.32 Å². The normalized spacial score (nSPS) is 18.3. The zero-order valence-corrected chi connectivity index (χ0v) is 12.8. The van der Waals surface area contributed by atoms with Crippen LogP contribution >= 0.6 is 0 Å². The van der Waals surface area contributed by atoms with Crippen LogP contribution in [-0.2, 0) is 6.42 Å². The molecular formula is C16H25N3O2. The summed E-state index contributed by atoms with van der Waals surface area (Å²) in [5.41, 5.74) is 1.33. The molecule has 0 saturated carbocycles. The molecule has 0 radical (unpaired) electrons. The molecule has 0 spiro atoms. The number of hydrogen-bond donors (Lipinski definition) is 1. The highest BCUT2D eigenvalue weighted by Crippen LogP contribution is 2.13. The fourth-order valence-corrected chi connectivity index (χ4v) is 2.91. The van der Waals surface area contributed by atoms with Gasteiger partial charge in [0.05, 0.1) is 4.92 Å². The molecule has 116 valence electrons. The Morgan fingerprint density at radius 3 is 2.67 bits per heavy atom. The molecule has 1 atom stereocenters. The van der Waals surface area contributed by atoms with Crippen molar-refractivity contribution >= 4 is 5.69 Å².